The van der Waals surface area contributed by atoms with Crippen molar-refractivity contribution in [2.24, 2.45) is 0 Å². The molecule has 1 aromatic carbocycles. The maximum atomic E-state index is 8.85. The predicted octanol–water partition coefficient (Wildman–Crippen LogP) is 3.45. The second-order valence-corrected chi connectivity index (χ2v) is 5.69. The molecule has 0 saturated heterocycles. The molecular formula is C11H13NS. The van der Waals surface area contributed by atoms with Crippen LogP contribution in [-0.2, 0) is 0 Å². The molecule has 1 nitrogen and oxygen atoms in total. The Balaban J connectivity index is 2.96. The Morgan fingerprint density at radius 1 is 1.23 bits per heavy atom. The van der Waals surface area contributed by atoms with Crippen molar-refractivity contribution in [3.63, 3.8) is 0 Å². The van der Waals surface area contributed by atoms with E-state index in [9.17, 15) is 0 Å². The third kappa shape index (κ3) is 3.12. The summed E-state index contributed by atoms with van der Waals surface area (Å²) >= 11 is 1.73. The molecule has 0 spiro atoms. The van der Waals surface area contributed by atoms with Gasteiger partial charge in [-0.3, -0.25) is 0 Å². The fourth-order valence-electron chi connectivity index (χ4n) is 0.978. The molecule has 0 aromatic heterocycles. The van der Waals surface area contributed by atoms with Gasteiger partial charge in [-0.1, -0.05) is 32.9 Å². The van der Waals surface area contributed by atoms with Crippen LogP contribution in [0.3, 0.4) is 0 Å². The summed E-state index contributed by atoms with van der Waals surface area (Å²) in [5.74, 6) is 0. The van der Waals surface area contributed by atoms with Gasteiger partial charge in [-0.25, -0.2) is 0 Å². The van der Waals surface area contributed by atoms with E-state index in [1.807, 2.05) is 24.3 Å². The molecule has 0 fully saturated rings. The zero-order chi connectivity index (χ0) is 9.90. The van der Waals surface area contributed by atoms with Crippen LogP contribution < -0.4 is 0 Å². The second kappa shape index (κ2) is 3.85. The molecule has 1 rings (SSSR count). The van der Waals surface area contributed by atoms with Gasteiger partial charge in [-0.2, -0.15) is 5.26 Å². The predicted molar refractivity (Wildman–Crippen MR) is 56.8 cm³/mol. The van der Waals surface area contributed by atoms with E-state index in [0.29, 0.717) is 0 Å². The lowest BCUT2D eigenvalue weighted by Gasteiger charge is -2.17. The minimum absolute atomic E-state index is 0.160. The number of nitriles is 1. The molecule has 0 unspecified atom stereocenters. The first-order chi connectivity index (χ1) is 6.03. The third-order valence-electron chi connectivity index (χ3n) is 1.42. The Bertz CT molecular complexity index is 331. The number of thioether (sulfide) groups is 1. The topological polar surface area (TPSA) is 23.8 Å². The lowest BCUT2D eigenvalue weighted by molar-refractivity contribution is 0.802. The average Bonchev–Trinajstić information content (AvgIpc) is 2.02. The van der Waals surface area contributed by atoms with E-state index >= 15 is 0 Å². The van der Waals surface area contributed by atoms with Crippen LogP contribution in [0.2, 0.25) is 0 Å². The van der Waals surface area contributed by atoms with Crippen LogP contribution in [-0.4, -0.2) is 4.75 Å². The quantitative estimate of drug-likeness (QED) is 0.635. The third-order valence-corrected chi connectivity index (χ3v) is 2.61. The van der Waals surface area contributed by atoms with Gasteiger partial charge in [0.25, 0.3) is 0 Å². The van der Waals surface area contributed by atoms with Gasteiger partial charge in [0.05, 0.1) is 5.56 Å². The van der Waals surface area contributed by atoms with Gasteiger partial charge < -0.3 is 0 Å². The molecular weight excluding hydrogens is 178 g/mol. The monoisotopic (exact) mass is 191 g/mol. The van der Waals surface area contributed by atoms with Crippen molar-refractivity contribution in [2.75, 3.05) is 0 Å². The molecule has 0 heterocycles. The van der Waals surface area contributed by atoms with Crippen molar-refractivity contribution in [3.05, 3.63) is 29.8 Å². The number of hydrogen-bond acceptors (Lipinski definition) is 2. The highest BCUT2D eigenvalue weighted by Gasteiger charge is 2.13. The maximum absolute atomic E-state index is 8.85. The van der Waals surface area contributed by atoms with Crippen LogP contribution in [0, 0.1) is 11.3 Å². The molecule has 13 heavy (non-hydrogen) atoms. The fourth-order valence-corrected chi connectivity index (χ4v) is 2.01. The molecule has 1 aromatic rings. The first kappa shape index (κ1) is 10.1. The van der Waals surface area contributed by atoms with Gasteiger partial charge in [0.2, 0.25) is 0 Å². The summed E-state index contributed by atoms with van der Waals surface area (Å²) in [5, 5.41) is 8.85. The second-order valence-electron chi connectivity index (χ2n) is 3.82. The number of nitrogens with zero attached hydrogens (tertiary/aromatic N) is 1. The van der Waals surface area contributed by atoms with Crippen molar-refractivity contribution in [1.29, 1.82) is 5.26 Å². The Morgan fingerprint density at radius 2 is 1.85 bits per heavy atom. The van der Waals surface area contributed by atoms with Crippen molar-refractivity contribution in [3.8, 4) is 6.07 Å². The summed E-state index contributed by atoms with van der Waals surface area (Å²) in [5.41, 5.74) is 0.766. The molecule has 0 amide bonds. The first-order valence-electron chi connectivity index (χ1n) is 4.21. The largest absolute Gasteiger partial charge is 0.192 e. The van der Waals surface area contributed by atoms with Gasteiger partial charge >= 0.3 is 0 Å². The minimum Gasteiger partial charge on any atom is -0.192 e. The van der Waals surface area contributed by atoms with Crippen LogP contribution >= 0.6 is 11.8 Å². The van der Waals surface area contributed by atoms with E-state index in [-0.39, 0.29) is 4.75 Å². The van der Waals surface area contributed by atoms with Crippen molar-refractivity contribution in [2.45, 2.75) is 30.4 Å². The molecule has 0 bridgehead atoms. The van der Waals surface area contributed by atoms with Gasteiger partial charge in [0, 0.05) is 9.64 Å². The molecule has 0 saturated carbocycles. The number of benzene rings is 1. The molecule has 0 N–H and O–H groups in total. The van der Waals surface area contributed by atoms with E-state index in [1.165, 1.54) is 0 Å². The molecule has 2 heteroatoms. The summed E-state index contributed by atoms with van der Waals surface area (Å²) in [7, 11) is 0. The van der Waals surface area contributed by atoms with Gasteiger partial charge in [0.1, 0.15) is 6.07 Å². The number of rotatable bonds is 1. The van der Waals surface area contributed by atoms with E-state index in [2.05, 4.69) is 26.8 Å². The van der Waals surface area contributed by atoms with Crippen LogP contribution in [0.25, 0.3) is 0 Å². The van der Waals surface area contributed by atoms with E-state index < -0.39 is 0 Å². The smallest absolute Gasteiger partial charge is 0.100 e. The number of hydrogen-bond donors (Lipinski definition) is 0. The van der Waals surface area contributed by atoms with Gasteiger partial charge in [-0.05, 0) is 12.1 Å². The summed E-state index contributed by atoms with van der Waals surface area (Å²) in [6, 6.07) is 9.91. The summed E-state index contributed by atoms with van der Waals surface area (Å²) in [6.45, 7) is 6.43. The standard InChI is InChI=1S/C11H13NS/c1-11(2,3)13-10-7-5-4-6-9(10)8-12/h4-7H,1-3H3. The Hall–Kier alpha value is -0.940. The minimum atomic E-state index is 0.160. The molecule has 0 aliphatic heterocycles. The molecule has 0 radical (unpaired) electrons. The van der Waals surface area contributed by atoms with E-state index in [1.54, 1.807) is 11.8 Å². The Morgan fingerprint density at radius 3 is 2.38 bits per heavy atom. The van der Waals surface area contributed by atoms with Crippen molar-refractivity contribution >= 4 is 11.8 Å². The van der Waals surface area contributed by atoms with Crippen molar-refractivity contribution in [1.82, 2.24) is 0 Å². The zero-order valence-electron chi connectivity index (χ0n) is 8.16. The lowest BCUT2D eigenvalue weighted by Crippen LogP contribution is -2.07. The average molecular weight is 191 g/mol. The molecule has 0 aliphatic carbocycles. The van der Waals surface area contributed by atoms with Gasteiger partial charge in [0.15, 0.2) is 0 Å². The Kier molecular flexibility index (Phi) is 3.00. The van der Waals surface area contributed by atoms with Crippen LogP contribution in [0.4, 0.5) is 0 Å². The summed E-state index contributed by atoms with van der Waals surface area (Å²) in [4.78, 5) is 1.07. The highest BCUT2D eigenvalue weighted by Crippen LogP contribution is 2.33. The summed E-state index contributed by atoms with van der Waals surface area (Å²) in [6.07, 6.45) is 0. The van der Waals surface area contributed by atoms with E-state index in [4.69, 9.17) is 5.26 Å². The summed E-state index contributed by atoms with van der Waals surface area (Å²) < 4.78 is 0.160. The molecule has 0 aliphatic rings. The van der Waals surface area contributed by atoms with Gasteiger partial charge in [-0.15, -0.1) is 11.8 Å². The normalized spacial score (nSPS) is 10.9. The van der Waals surface area contributed by atoms with E-state index in [0.717, 1.165) is 10.5 Å². The molecule has 68 valence electrons. The lowest BCUT2D eigenvalue weighted by atomic mass is 10.2. The fraction of sp³-hybridized carbons (Fsp3) is 0.364. The SMILES string of the molecule is CC(C)(C)Sc1ccccc1C#N. The molecule has 0 atom stereocenters. The maximum Gasteiger partial charge on any atom is 0.100 e. The Labute approximate surface area is 83.8 Å². The zero-order valence-corrected chi connectivity index (χ0v) is 8.98. The van der Waals surface area contributed by atoms with Crippen LogP contribution in [0.15, 0.2) is 29.2 Å². The van der Waals surface area contributed by atoms with Crippen molar-refractivity contribution < 1.29 is 0 Å². The van der Waals surface area contributed by atoms with Crippen LogP contribution in [0.1, 0.15) is 26.3 Å². The highest BCUT2D eigenvalue weighted by atomic mass is 32.2. The first-order valence-corrected chi connectivity index (χ1v) is 5.03. The highest BCUT2D eigenvalue weighted by molar-refractivity contribution is 8.00. The van der Waals surface area contributed by atoms with Crippen LogP contribution in [0.5, 0.6) is 0 Å².